The van der Waals surface area contributed by atoms with Crippen molar-refractivity contribution in [2.45, 2.75) is 6.54 Å². The SMILES string of the molecule is c1ccc(CNc2cc(-c3ccc4ccccc4n3)c3cc[nH]c3n2)nc1. The zero-order valence-corrected chi connectivity index (χ0v) is 14.6. The Morgan fingerprint density at radius 3 is 2.74 bits per heavy atom. The Morgan fingerprint density at radius 1 is 0.889 bits per heavy atom. The summed E-state index contributed by atoms with van der Waals surface area (Å²) < 4.78 is 0. The highest BCUT2D eigenvalue weighted by Gasteiger charge is 2.11. The van der Waals surface area contributed by atoms with Crippen LogP contribution in [0.3, 0.4) is 0 Å². The van der Waals surface area contributed by atoms with Crippen LogP contribution in [-0.2, 0) is 6.54 Å². The van der Waals surface area contributed by atoms with Crippen molar-refractivity contribution in [1.82, 2.24) is 19.9 Å². The summed E-state index contributed by atoms with van der Waals surface area (Å²) in [6.07, 6.45) is 3.70. The third-order valence-corrected chi connectivity index (χ3v) is 4.58. The average molecular weight is 351 g/mol. The summed E-state index contributed by atoms with van der Waals surface area (Å²) in [4.78, 5) is 17.1. The van der Waals surface area contributed by atoms with E-state index in [4.69, 9.17) is 4.98 Å². The number of anilines is 1. The van der Waals surface area contributed by atoms with E-state index in [9.17, 15) is 0 Å². The second kappa shape index (κ2) is 6.53. The quantitative estimate of drug-likeness (QED) is 0.489. The lowest BCUT2D eigenvalue weighted by molar-refractivity contribution is 1.03. The molecule has 5 rings (SSSR count). The van der Waals surface area contributed by atoms with E-state index in [0.717, 1.165) is 44.7 Å². The third-order valence-electron chi connectivity index (χ3n) is 4.58. The number of benzene rings is 1. The number of fused-ring (bicyclic) bond motifs is 2. The summed E-state index contributed by atoms with van der Waals surface area (Å²) in [5, 5.41) is 5.56. The van der Waals surface area contributed by atoms with E-state index >= 15 is 0 Å². The molecule has 0 spiro atoms. The number of nitrogens with one attached hydrogen (secondary N) is 2. The van der Waals surface area contributed by atoms with Crippen molar-refractivity contribution in [3.63, 3.8) is 0 Å². The first-order valence-electron chi connectivity index (χ1n) is 8.85. The molecule has 0 atom stereocenters. The van der Waals surface area contributed by atoms with Gasteiger partial charge in [-0.15, -0.1) is 0 Å². The second-order valence-corrected chi connectivity index (χ2v) is 6.36. The number of hydrogen-bond acceptors (Lipinski definition) is 4. The molecule has 0 saturated heterocycles. The number of para-hydroxylation sites is 1. The highest BCUT2D eigenvalue weighted by molar-refractivity contribution is 5.95. The lowest BCUT2D eigenvalue weighted by Crippen LogP contribution is -2.03. The summed E-state index contributed by atoms with van der Waals surface area (Å²) in [6, 6.07) is 22.3. The van der Waals surface area contributed by atoms with Crippen LogP contribution >= 0.6 is 0 Å². The maximum atomic E-state index is 4.85. The minimum Gasteiger partial charge on any atom is -0.364 e. The molecule has 5 aromatic rings. The van der Waals surface area contributed by atoms with Crippen molar-refractivity contribution in [2.24, 2.45) is 0 Å². The molecule has 27 heavy (non-hydrogen) atoms. The number of nitrogens with zero attached hydrogens (tertiary/aromatic N) is 3. The average Bonchev–Trinajstić information content (AvgIpc) is 3.21. The lowest BCUT2D eigenvalue weighted by atomic mass is 10.1. The first-order valence-corrected chi connectivity index (χ1v) is 8.85. The predicted molar refractivity (Wildman–Crippen MR) is 108 cm³/mol. The fraction of sp³-hybridized carbons (Fsp3) is 0.0455. The van der Waals surface area contributed by atoms with Gasteiger partial charge in [-0.1, -0.05) is 30.3 Å². The Bertz CT molecular complexity index is 1230. The van der Waals surface area contributed by atoms with Crippen molar-refractivity contribution in [3.05, 3.63) is 84.8 Å². The molecule has 0 bridgehead atoms. The molecule has 0 radical (unpaired) electrons. The Labute approximate surface area is 156 Å². The van der Waals surface area contributed by atoms with Crippen LogP contribution < -0.4 is 5.32 Å². The van der Waals surface area contributed by atoms with E-state index < -0.39 is 0 Å². The normalized spacial score (nSPS) is 11.1. The van der Waals surface area contributed by atoms with Crippen molar-refractivity contribution in [2.75, 3.05) is 5.32 Å². The number of aromatic nitrogens is 4. The number of pyridine rings is 3. The van der Waals surface area contributed by atoms with Crippen LogP contribution in [-0.4, -0.2) is 19.9 Å². The lowest BCUT2D eigenvalue weighted by Gasteiger charge is -2.10. The molecule has 5 heteroatoms. The summed E-state index contributed by atoms with van der Waals surface area (Å²) in [5.74, 6) is 0.792. The highest BCUT2D eigenvalue weighted by atomic mass is 15.0. The van der Waals surface area contributed by atoms with Crippen LogP contribution in [0.1, 0.15) is 5.69 Å². The van der Waals surface area contributed by atoms with Gasteiger partial charge in [0.25, 0.3) is 0 Å². The van der Waals surface area contributed by atoms with Crippen molar-refractivity contribution < 1.29 is 0 Å². The van der Waals surface area contributed by atoms with Crippen LogP contribution in [0.4, 0.5) is 5.82 Å². The zero-order chi connectivity index (χ0) is 18.1. The first-order chi connectivity index (χ1) is 13.4. The predicted octanol–water partition coefficient (Wildman–Crippen LogP) is 4.79. The monoisotopic (exact) mass is 351 g/mol. The molecular weight excluding hydrogens is 334 g/mol. The molecule has 0 unspecified atom stereocenters. The maximum absolute atomic E-state index is 4.85. The molecule has 130 valence electrons. The molecule has 0 aliphatic carbocycles. The molecule has 1 aromatic carbocycles. The Kier molecular flexibility index (Phi) is 3.76. The molecule has 4 heterocycles. The first kappa shape index (κ1) is 15.5. The molecule has 5 nitrogen and oxygen atoms in total. The highest BCUT2D eigenvalue weighted by Crippen LogP contribution is 2.30. The largest absolute Gasteiger partial charge is 0.364 e. The van der Waals surface area contributed by atoms with Crippen molar-refractivity contribution >= 4 is 27.8 Å². The fourth-order valence-electron chi connectivity index (χ4n) is 3.24. The van der Waals surface area contributed by atoms with Gasteiger partial charge in [-0.05, 0) is 36.4 Å². The van der Waals surface area contributed by atoms with E-state index in [2.05, 4.69) is 44.5 Å². The van der Waals surface area contributed by atoms with Gasteiger partial charge in [0.1, 0.15) is 11.5 Å². The van der Waals surface area contributed by atoms with Gasteiger partial charge in [0.2, 0.25) is 0 Å². The molecule has 2 N–H and O–H groups in total. The van der Waals surface area contributed by atoms with E-state index in [1.54, 1.807) is 6.20 Å². The topological polar surface area (TPSA) is 66.5 Å². The molecule has 0 aliphatic heterocycles. The summed E-state index contributed by atoms with van der Waals surface area (Å²) >= 11 is 0. The van der Waals surface area contributed by atoms with Gasteiger partial charge in [-0.2, -0.15) is 0 Å². The van der Waals surface area contributed by atoms with Gasteiger partial charge in [0, 0.05) is 28.7 Å². The van der Waals surface area contributed by atoms with E-state index in [1.807, 2.05) is 48.7 Å². The zero-order valence-electron chi connectivity index (χ0n) is 14.6. The van der Waals surface area contributed by atoms with Crippen LogP contribution in [0.5, 0.6) is 0 Å². The van der Waals surface area contributed by atoms with Gasteiger partial charge in [-0.3, -0.25) is 4.98 Å². The van der Waals surface area contributed by atoms with Crippen LogP contribution in [0.15, 0.2) is 79.1 Å². The van der Waals surface area contributed by atoms with Gasteiger partial charge >= 0.3 is 0 Å². The number of hydrogen-bond donors (Lipinski definition) is 2. The standard InChI is InChI=1S/C22H17N5/c1-2-7-19-15(5-1)8-9-20(26-19)18-13-21(27-22-17(18)10-12-24-22)25-14-16-6-3-4-11-23-16/h1-13H,14H2,(H2,24,25,27). The third kappa shape index (κ3) is 3.00. The van der Waals surface area contributed by atoms with Gasteiger partial charge in [-0.25, -0.2) is 9.97 Å². The van der Waals surface area contributed by atoms with Crippen LogP contribution in [0, 0.1) is 0 Å². The molecule has 0 fully saturated rings. The summed E-state index contributed by atoms with van der Waals surface area (Å²) in [6.45, 7) is 0.616. The Balaban J connectivity index is 1.57. The van der Waals surface area contributed by atoms with Crippen molar-refractivity contribution in [3.8, 4) is 11.3 Å². The molecule has 4 aromatic heterocycles. The fourth-order valence-corrected chi connectivity index (χ4v) is 3.24. The van der Waals surface area contributed by atoms with Gasteiger partial charge < -0.3 is 10.3 Å². The Morgan fingerprint density at radius 2 is 1.81 bits per heavy atom. The molecule has 0 aliphatic rings. The van der Waals surface area contributed by atoms with E-state index in [1.165, 1.54) is 0 Å². The van der Waals surface area contributed by atoms with E-state index in [-0.39, 0.29) is 0 Å². The van der Waals surface area contributed by atoms with E-state index in [0.29, 0.717) is 6.54 Å². The minimum absolute atomic E-state index is 0.616. The summed E-state index contributed by atoms with van der Waals surface area (Å²) in [7, 11) is 0. The number of H-pyrrole nitrogens is 1. The van der Waals surface area contributed by atoms with Crippen molar-refractivity contribution in [1.29, 1.82) is 0 Å². The minimum atomic E-state index is 0.616. The second-order valence-electron chi connectivity index (χ2n) is 6.36. The molecule has 0 saturated carbocycles. The molecular formula is C22H17N5. The van der Waals surface area contributed by atoms with Gasteiger partial charge in [0.15, 0.2) is 0 Å². The Hall–Kier alpha value is -3.73. The molecule has 0 amide bonds. The van der Waals surface area contributed by atoms with Gasteiger partial charge in [0.05, 0.1) is 23.4 Å². The summed E-state index contributed by atoms with van der Waals surface area (Å²) in [5.41, 5.74) is 4.78. The van der Waals surface area contributed by atoms with Crippen LogP contribution in [0.2, 0.25) is 0 Å². The van der Waals surface area contributed by atoms with Crippen LogP contribution in [0.25, 0.3) is 33.2 Å². The smallest absolute Gasteiger partial charge is 0.140 e. The maximum Gasteiger partial charge on any atom is 0.140 e. The number of rotatable bonds is 4. The number of aromatic amines is 1.